The minimum Gasteiger partial charge on any atom is -0.458 e. The lowest BCUT2D eigenvalue weighted by Gasteiger charge is -2.22. The van der Waals surface area contributed by atoms with Crippen molar-refractivity contribution in [2.75, 3.05) is 13.6 Å². The quantitative estimate of drug-likeness (QED) is 0.341. The van der Waals surface area contributed by atoms with Gasteiger partial charge >= 0.3 is 5.97 Å². The number of fused-ring (bicyclic) bond motifs is 5. The molecule has 208 valence electrons. The molecule has 1 atom stereocenters. The first-order valence-electron chi connectivity index (χ1n) is 13.4. The summed E-state index contributed by atoms with van der Waals surface area (Å²) in [4.78, 5) is 40.0. The molecule has 6 rings (SSSR count). The molecule has 2 aliphatic heterocycles. The van der Waals surface area contributed by atoms with Crippen LogP contribution in [0.2, 0.25) is 0 Å². The fourth-order valence-corrected chi connectivity index (χ4v) is 5.45. The Balaban J connectivity index is 0.000000307. The number of carbonyl (C=O) groups excluding carboxylic acids is 2. The number of nitrogens with zero attached hydrogens (tertiary/aromatic N) is 2. The number of ether oxygens (including phenoxy) is 1. The summed E-state index contributed by atoms with van der Waals surface area (Å²) in [7, 11) is 1.62. The maximum atomic E-state index is 14.5. The van der Waals surface area contributed by atoms with E-state index in [0.717, 1.165) is 47.8 Å². The molecule has 39 heavy (non-hydrogen) atoms. The van der Waals surface area contributed by atoms with Gasteiger partial charge in [-0.2, -0.15) is 0 Å². The molecule has 0 fully saturated rings. The van der Waals surface area contributed by atoms with E-state index in [-0.39, 0.29) is 29.5 Å². The van der Waals surface area contributed by atoms with E-state index in [1.54, 1.807) is 24.6 Å². The van der Waals surface area contributed by atoms with E-state index < -0.39 is 12.1 Å². The molecule has 1 aliphatic carbocycles. The van der Waals surface area contributed by atoms with Crippen molar-refractivity contribution in [1.29, 1.82) is 0 Å². The molecule has 3 aliphatic rings. The van der Waals surface area contributed by atoms with Gasteiger partial charge in [-0.25, -0.2) is 14.2 Å². The Morgan fingerprint density at radius 1 is 1.21 bits per heavy atom. The number of esters is 1. The van der Waals surface area contributed by atoms with Gasteiger partial charge in [0.1, 0.15) is 12.4 Å². The molecular formula is C29H35FN4O5. The van der Waals surface area contributed by atoms with Crippen LogP contribution in [-0.2, 0) is 40.3 Å². The first-order valence-corrected chi connectivity index (χ1v) is 13.4. The maximum Gasteiger partial charge on any atom is 0.340 e. The number of benzene rings is 1. The number of hydrogen-bond donors (Lipinski definition) is 3. The number of nitrogens with one attached hydrogen (secondary N) is 1. The molecule has 1 amide bonds. The van der Waals surface area contributed by atoms with Crippen molar-refractivity contribution < 1.29 is 23.8 Å². The van der Waals surface area contributed by atoms with Gasteiger partial charge in [0.05, 0.1) is 29.0 Å². The standard InChI is InChI=1S/C22H17FN2O4.C5H12N2O.C2H6/c1-9-10-3-2-4-11-13-7-25-17(19(13)24-16(18(10)11)6-15(9)23)5-12-14(21(25)27)8-29-22(28)20(12)26;1-7-5(8)3-2-4-6;1-2/h5-6,20,26H,2-4,7-8H2,1H3;2-4,6H2,1H3,(H,7,8);1-2H3. The largest absolute Gasteiger partial charge is 0.458 e. The van der Waals surface area contributed by atoms with E-state index in [9.17, 15) is 23.9 Å². The van der Waals surface area contributed by atoms with E-state index in [1.807, 2.05) is 13.8 Å². The summed E-state index contributed by atoms with van der Waals surface area (Å²) < 4.78 is 21.1. The van der Waals surface area contributed by atoms with Crippen molar-refractivity contribution in [2.45, 2.75) is 72.1 Å². The molecule has 2 aromatic heterocycles. The lowest BCUT2D eigenvalue weighted by Crippen LogP contribution is -2.32. The number of rotatable bonds is 3. The highest BCUT2D eigenvalue weighted by Gasteiger charge is 2.35. The second kappa shape index (κ2) is 11.6. The van der Waals surface area contributed by atoms with Crippen LogP contribution in [0.3, 0.4) is 0 Å². The van der Waals surface area contributed by atoms with E-state index in [0.29, 0.717) is 47.5 Å². The Labute approximate surface area is 226 Å². The number of hydrogen-bond acceptors (Lipinski definition) is 7. The first kappa shape index (κ1) is 28.4. The minimum absolute atomic E-state index is 0.0652. The Morgan fingerprint density at radius 3 is 2.62 bits per heavy atom. The summed E-state index contributed by atoms with van der Waals surface area (Å²) in [6, 6.07) is 3.13. The molecule has 4 N–H and O–H groups in total. The fourth-order valence-electron chi connectivity index (χ4n) is 5.45. The third kappa shape index (κ3) is 4.94. The van der Waals surface area contributed by atoms with Crippen LogP contribution in [0, 0.1) is 12.7 Å². The molecule has 0 bridgehead atoms. The minimum atomic E-state index is -1.48. The molecule has 10 heteroatoms. The van der Waals surface area contributed by atoms with E-state index in [4.69, 9.17) is 15.5 Å². The third-order valence-electron chi connectivity index (χ3n) is 7.43. The number of carbonyl (C=O) groups is 2. The van der Waals surface area contributed by atoms with Crippen LogP contribution in [0.1, 0.15) is 72.6 Å². The summed E-state index contributed by atoms with van der Waals surface area (Å²) >= 11 is 0. The maximum absolute atomic E-state index is 14.5. The van der Waals surface area contributed by atoms with E-state index in [1.165, 1.54) is 6.07 Å². The van der Waals surface area contributed by atoms with Crippen molar-refractivity contribution in [3.8, 4) is 11.4 Å². The summed E-state index contributed by atoms with van der Waals surface area (Å²) in [5.74, 6) is -0.967. The van der Waals surface area contributed by atoms with Gasteiger partial charge in [-0.1, -0.05) is 13.8 Å². The molecule has 1 aromatic carbocycles. The van der Waals surface area contributed by atoms with Crippen molar-refractivity contribution in [2.24, 2.45) is 5.73 Å². The fraction of sp³-hybridized carbons (Fsp3) is 0.448. The van der Waals surface area contributed by atoms with Gasteiger partial charge in [0.15, 0.2) is 6.10 Å². The molecule has 3 aromatic rings. The lowest BCUT2D eigenvalue weighted by molar-refractivity contribution is -0.157. The normalized spacial score (nSPS) is 16.1. The molecule has 1 unspecified atom stereocenters. The summed E-state index contributed by atoms with van der Waals surface area (Å²) in [6.45, 7) is 6.64. The molecule has 4 heterocycles. The predicted molar refractivity (Wildman–Crippen MR) is 146 cm³/mol. The second-order valence-electron chi connectivity index (χ2n) is 9.56. The van der Waals surface area contributed by atoms with E-state index in [2.05, 4.69) is 5.32 Å². The number of aromatic nitrogens is 2. The monoisotopic (exact) mass is 538 g/mol. The number of aryl methyl sites for hydroxylation is 2. The van der Waals surface area contributed by atoms with Crippen LogP contribution >= 0.6 is 0 Å². The zero-order valence-corrected chi connectivity index (χ0v) is 22.8. The van der Waals surface area contributed by atoms with Crippen LogP contribution in [0.4, 0.5) is 4.39 Å². The number of nitrogens with two attached hydrogens (primary N) is 1. The average molecular weight is 539 g/mol. The van der Waals surface area contributed by atoms with Crippen molar-refractivity contribution in [3.05, 3.63) is 61.7 Å². The lowest BCUT2D eigenvalue weighted by atomic mass is 9.85. The van der Waals surface area contributed by atoms with Gasteiger partial charge in [-0.05, 0) is 61.9 Å². The average Bonchev–Trinajstić information content (AvgIpc) is 3.33. The highest BCUT2D eigenvalue weighted by atomic mass is 19.1. The van der Waals surface area contributed by atoms with Crippen LogP contribution in [0.25, 0.3) is 22.3 Å². The molecule has 0 radical (unpaired) electrons. The Hall–Kier alpha value is -3.63. The number of halogens is 1. The van der Waals surface area contributed by atoms with Crippen LogP contribution in [-0.4, -0.2) is 40.1 Å². The molecule has 0 saturated carbocycles. The van der Waals surface area contributed by atoms with Gasteiger partial charge in [-0.15, -0.1) is 0 Å². The first-order chi connectivity index (χ1) is 18.8. The highest BCUT2D eigenvalue weighted by Crippen LogP contribution is 2.41. The number of pyridine rings is 2. The molecule has 0 spiro atoms. The van der Waals surface area contributed by atoms with Crippen molar-refractivity contribution in [1.82, 2.24) is 14.9 Å². The van der Waals surface area contributed by atoms with Crippen LogP contribution in [0.5, 0.6) is 0 Å². The Kier molecular flexibility index (Phi) is 8.46. The predicted octanol–water partition coefficient (Wildman–Crippen LogP) is 2.95. The van der Waals surface area contributed by atoms with Gasteiger partial charge in [0.2, 0.25) is 5.91 Å². The Bertz CT molecular complexity index is 1510. The van der Waals surface area contributed by atoms with Gasteiger partial charge in [0, 0.05) is 36.0 Å². The number of amides is 1. The van der Waals surface area contributed by atoms with Gasteiger partial charge in [-0.3, -0.25) is 9.59 Å². The zero-order chi connectivity index (χ0) is 28.4. The SMILES string of the molecule is CC.CNC(=O)CCCN.Cc1c(F)cc2nc3c(c4c2c1CCC4)Cn1c-3cc2c(c1=O)COC(=O)C2O. The van der Waals surface area contributed by atoms with Crippen molar-refractivity contribution in [3.63, 3.8) is 0 Å². The Morgan fingerprint density at radius 2 is 1.92 bits per heavy atom. The van der Waals surface area contributed by atoms with Crippen LogP contribution in [0.15, 0.2) is 16.9 Å². The third-order valence-corrected chi connectivity index (χ3v) is 7.43. The summed E-state index contributed by atoms with van der Waals surface area (Å²) in [5.41, 5.74) is 11.0. The molecular weight excluding hydrogens is 503 g/mol. The van der Waals surface area contributed by atoms with Crippen molar-refractivity contribution >= 4 is 22.8 Å². The summed E-state index contributed by atoms with van der Waals surface area (Å²) in [5, 5.41) is 13.7. The van der Waals surface area contributed by atoms with Crippen LogP contribution < -0.4 is 16.6 Å². The number of aliphatic hydroxyl groups excluding tert-OH is 1. The van der Waals surface area contributed by atoms with Gasteiger partial charge < -0.3 is 25.5 Å². The highest BCUT2D eigenvalue weighted by molar-refractivity contribution is 5.92. The molecule has 0 saturated heterocycles. The molecule has 9 nitrogen and oxygen atoms in total. The van der Waals surface area contributed by atoms with E-state index >= 15 is 0 Å². The number of cyclic esters (lactones) is 1. The smallest absolute Gasteiger partial charge is 0.340 e. The second-order valence-corrected chi connectivity index (χ2v) is 9.56. The summed E-state index contributed by atoms with van der Waals surface area (Å²) in [6.07, 6.45) is 2.44. The van der Waals surface area contributed by atoms with Gasteiger partial charge in [0.25, 0.3) is 5.56 Å². The topological polar surface area (TPSA) is 137 Å². The number of aliphatic hydroxyl groups is 1. The zero-order valence-electron chi connectivity index (χ0n) is 22.8.